The predicted molar refractivity (Wildman–Crippen MR) is 62.7 cm³/mol. The molecule has 1 rings (SSSR count). The standard InChI is InChI=1S/C12H15ClO3/c1-8(2)16-12(3,11(14)15)9-4-6-10(13)7-5-9/h4-8H,1-3H3,(H,14,15). The molecule has 0 amide bonds. The van der Waals surface area contributed by atoms with Gasteiger partial charge in [-0.2, -0.15) is 0 Å². The third kappa shape index (κ3) is 2.74. The number of rotatable bonds is 4. The molecule has 4 heteroatoms. The van der Waals surface area contributed by atoms with Crippen LogP contribution in [0.1, 0.15) is 26.3 Å². The van der Waals surface area contributed by atoms with Crippen molar-refractivity contribution >= 4 is 17.6 Å². The molecule has 1 unspecified atom stereocenters. The van der Waals surface area contributed by atoms with Gasteiger partial charge in [0.25, 0.3) is 0 Å². The van der Waals surface area contributed by atoms with E-state index >= 15 is 0 Å². The second kappa shape index (κ2) is 4.85. The molecule has 3 nitrogen and oxygen atoms in total. The molecule has 88 valence electrons. The van der Waals surface area contributed by atoms with Gasteiger partial charge in [-0.05, 0) is 38.5 Å². The van der Waals surface area contributed by atoms with Gasteiger partial charge in [-0.25, -0.2) is 4.79 Å². The molecule has 0 heterocycles. The molecule has 1 N–H and O–H groups in total. The molecule has 16 heavy (non-hydrogen) atoms. The average molecular weight is 243 g/mol. The lowest BCUT2D eigenvalue weighted by atomic mass is 9.95. The monoisotopic (exact) mass is 242 g/mol. The lowest BCUT2D eigenvalue weighted by Crippen LogP contribution is -2.37. The highest BCUT2D eigenvalue weighted by Gasteiger charge is 2.37. The number of carboxylic acids is 1. The molecular formula is C12H15ClO3. The van der Waals surface area contributed by atoms with Crippen LogP contribution >= 0.6 is 11.6 Å². The summed E-state index contributed by atoms with van der Waals surface area (Å²) in [6.07, 6.45) is -0.170. The van der Waals surface area contributed by atoms with Crippen molar-refractivity contribution in [3.05, 3.63) is 34.9 Å². The Morgan fingerprint density at radius 3 is 2.25 bits per heavy atom. The number of hydrogen-bond donors (Lipinski definition) is 1. The van der Waals surface area contributed by atoms with E-state index in [2.05, 4.69) is 0 Å². The summed E-state index contributed by atoms with van der Waals surface area (Å²) < 4.78 is 5.48. The summed E-state index contributed by atoms with van der Waals surface area (Å²) in [5, 5.41) is 9.82. The number of carbonyl (C=O) groups is 1. The Bertz CT molecular complexity index is 372. The minimum absolute atomic E-state index is 0.170. The van der Waals surface area contributed by atoms with Crippen LogP contribution in [0, 0.1) is 0 Å². The van der Waals surface area contributed by atoms with Crippen LogP contribution in [0.5, 0.6) is 0 Å². The van der Waals surface area contributed by atoms with Crippen molar-refractivity contribution in [2.45, 2.75) is 32.5 Å². The molecule has 0 saturated heterocycles. The van der Waals surface area contributed by atoms with Gasteiger partial charge in [-0.3, -0.25) is 0 Å². The van der Waals surface area contributed by atoms with E-state index in [0.717, 1.165) is 0 Å². The smallest absolute Gasteiger partial charge is 0.340 e. The predicted octanol–water partition coefficient (Wildman–Crippen LogP) is 3.06. The molecule has 0 saturated carbocycles. The van der Waals surface area contributed by atoms with Gasteiger partial charge >= 0.3 is 5.97 Å². The van der Waals surface area contributed by atoms with Crippen molar-refractivity contribution in [3.8, 4) is 0 Å². The first kappa shape index (κ1) is 13.0. The Kier molecular flexibility index (Phi) is 3.94. The van der Waals surface area contributed by atoms with Gasteiger partial charge in [-0.1, -0.05) is 23.7 Å². The SMILES string of the molecule is CC(C)OC(C)(C(=O)O)c1ccc(Cl)cc1. The number of halogens is 1. The second-order valence-corrected chi connectivity index (χ2v) is 4.45. The van der Waals surface area contributed by atoms with Gasteiger partial charge in [0.05, 0.1) is 6.10 Å². The first-order chi connectivity index (χ1) is 7.36. The van der Waals surface area contributed by atoms with E-state index in [4.69, 9.17) is 16.3 Å². The minimum Gasteiger partial charge on any atom is -0.479 e. The Morgan fingerprint density at radius 1 is 1.38 bits per heavy atom. The highest BCUT2D eigenvalue weighted by molar-refractivity contribution is 6.30. The molecule has 1 aromatic carbocycles. The van der Waals surface area contributed by atoms with Crippen molar-refractivity contribution in [1.29, 1.82) is 0 Å². The zero-order valence-electron chi connectivity index (χ0n) is 9.53. The summed E-state index contributed by atoms with van der Waals surface area (Å²) in [4.78, 5) is 11.3. The first-order valence-corrected chi connectivity index (χ1v) is 5.41. The number of benzene rings is 1. The van der Waals surface area contributed by atoms with E-state index in [1.54, 1.807) is 45.0 Å². The number of aliphatic carboxylic acids is 1. The van der Waals surface area contributed by atoms with E-state index in [9.17, 15) is 9.90 Å². The van der Waals surface area contributed by atoms with Crippen LogP contribution in [-0.4, -0.2) is 17.2 Å². The van der Waals surface area contributed by atoms with Crippen LogP contribution in [-0.2, 0) is 15.1 Å². The normalized spacial score (nSPS) is 14.8. The molecule has 0 aromatic heterocycles. The summed E-state index contributed by atoms with van der Waals surface area (Å²) in [6.45, 7) is 5.15. The molecule has 0 aliphatic carbocycles. The van der Waals surface area contributed by atoms with E-state index in [1.807, 2.05) is 0 Å². The fraction of sp³-hybridized carbons (Fsp3) is 0.417. The molecule has 1 atom stereocenters. The van der Waals surface area contributed by atoms with E-state index in [-0.39, 0.29) is 6.10 Å². The lowest BCUT2D eigenvalue weighted by Gasteiger charge is -2.28. The topological polar surface area (TPSA) is 46.5 Å². The van der Waals surface area contributed by atoms with Crippen molar-refractivity contribution in [2.75, 3.05) is 0 Å². The van der Waals surface area contributed by atoms with Crippen LogP contribution in [0.15, 0.2) is 24.3 Å². The van der Waals surface area contributed by atoms with Crippen molar-refractivity contribution in [3.63, 3.8) is 0 Å². The Labute approximate surface area is 100.0 Å². The highest BCUT2D eigenvalue weighted by atomic mass is 35.5. The molecular weight excluding hydrogens is 228 g/mol. The van der Waals surface area contributed by atoms with Crippen LogP contribution in [0.2, 0.25) is 5.02 Å². The maximum Gasteiger partial charge on any atom is 0.340 e. The van der Waals surface area contributed by atoms with Crippen molar-refractivity contribution in [2.24, 2.45) is 0 Å². The molecule has 0 bridgehead atoms. The van der Waals surface area contributed by atoms with Gasteiger partial charge in [0.15, 0.2) is 5.60 Å². The summed E-state index contributed by atoms with van der Waals surface area (Å²) >= 11 is 5.76. The molecule has 0 radical (unpaired) electrons. The largest absolute Gasteiger partial charge is 0.479 e. The Balaban J connectivity index is 3.11. The Morgan fingerprint density at radius 2 is 1.88 bits per heavy atom. The highest BCUT2D eigenvalue weighted by Crippen LogP contribution is 2.28. The lowest BCUT2D eigenvalue weighted by molar-refractivity contribution is -0.170. The third-order valence-electron chi connectivity index (χ3n) is 2.27. The summed E-state index contributed by atoms with van der Waals surface area (Å²) in [7, 11) is 0. The quantitative estimate of drug-likeness (QED) is 0.883. The molecule has 0 fully saturated rings. The van der Waals surface area contributed by atoms with E-state index in [1.165, 1.54) is 0 Å². The van der Waals surface area contributed by atoms with Crippen LogP contribution in [0.25, 0.3) is 0 Å². The van der Waals surface area contributed by atoms with Gasteiger partial charge < -0.3 is 9.84 Å². The van der Waals surface area contributed by atoms with Crippen molar-refractivity contribution < 1.29 is 14.6 Å². The fourth-order valence-electron chi connectivity index (χ4n) is 1.48. The average Bonchev–Trinajstić information content (AvgIpc) is 2.17. The summed E-state index contributed by atoms with van der Waals surface area (Å²) in [5.74, 6) is -1.01. The third-order valence-corrected chi connectivity index (χ3v) is 2.53. The zero-order chi connectivity index (χ0) is 12.3. The maximum absolute atomic E-state index is 11.3. The molecule has 0 aliphatic rings. The summed E-state index contributed by atoms with van der Waals surface area (Å²) in [6, 6.07) is 6.64. The summed E-state index contributed by atoms with van der Waals surface area (Å²) in [5.41, 5.74) is -0.753. The Hall–Kier alpha value is -1.06. The van der Waals surface area contributed by atoms with Crippen molar-refractivity contribution in [1.82, 2.24) is 0 Å². The van der Waals surface area contributed by atoms with Gasteiger partial charge in [-0.15, -0.1) is 0 Å². The van der Waals surface area contributed by atoms with Gasteiger partial charge in [0.1, 0.15) is 0 Å². The van der Waals surface area contributed by atoms with Gasteiger partial charge in [0.2, 0.25) is 0 Å². The number of hydrogen-bond acceptors (Lipinski definition) is 2. The first-order valence-electron chi connectivity index (χ1n) is 5.03. The minimum atomic E-state index is -1.33. The van der Waals surface area contributed by atoms with E-state index < -0.39 is 11.6 Å². The van der Waals surface area contributed by atoms with Crippen LogP contribution in [0.4, 0.5) is 0 Å². The maximum atomic E-state index is 11.3. The van der Waals surface area contributed by atoms with Crippen LogP contribution < -0.4 is 0 Å². The zero-order valence-corrected chi connectivity index (χ0v) is 10.3. The second-order valence-electron chi connectivity index (χ2n) is 4.01. The number of ether oxygens (including phenoxy) is 1. The van der Waals surface area contributed by atoms with Crippen LogP contribution in [0.3, 0.4) is 0 Å². The fourth-order valence-corrected chi connectivity index (χ4v) is 1.61. The molecule has 0 aliphatic heterocycles. The molecule has 0 spiro atoms. The number of carboxylic acid groups (broad SMARTS) is 1. The van der Waals surface area contributed by atoms with E-state index in [0.29, 0.717) is 10.6 Å². The molecule has 1 aromatic rings. The van der Waals surface area contributed by atoms with Gasteiger partial charge in [0, 0.05) is 5.02 Å².